The van der Waals surface area contributed by atoms with Crippen LogP contribution < -0.4 is 15.2 Å². The normalized spacial score (nSPS) is 21.0. The summed E-state index contributed by atoms with van der Waals surface area (Å²) in [6.45, 7) is 1.60. The third kappa shape index (κ3) is 4.31. The number of amides is 1. The maximum absolute atomic E-state index is 15.4. The Morgan fingerprint density at radius 1 is 1.19 bits per heavy atom. The zero-order chi connectivity index (χ0) is 29.8. The average molecular weight is 595 g/mol. The van der Waals surface area contributed by atoms with Crippen LogP contribution in [0.1, 0.15) is 32.7 Å². The number of thioether (sulfide) groups is 1. The molecule has 216 valence electrons. The maximum atomic E-state index is 15.4. The lowest BCUT2D eigenvalue weighted by Gasteiger charge is -2.56. The highest BCUT2D eigenvalue weighted by Crippen LogP contribution is 2.47. The van der Waals surface area contributed by atoms with Crippen LogP contribution in [0.25, 0.3) is 0 Å². The van der Waals surface area contributed by atoms with Crippen molar-refractivity contribution in [1.82, 2.24) is 9.58 Å². The number of nitrogens with zero attached hydrogens (tertiary/aromatic N) is 3. The van der Waals surface area contributed by atoms with Gasteiger partial charge in [-0.15, -0.1) is 11.8 Å². The Hall–Kier alpha value is -4.04. The number of hydrogen-bond acceptors (Lipinski definition) is 9. The summed E-state index contributed by atoms with van der Waals surface area (Å²) in [6.07, 6.45) is -0.491. The van der Waals surface area contributed by atoms with E-state index in [1.165, 1.54) is 39.7 Å². The summed E-state index contributed by atoms with van der Waals surface area (Å²) in [5.74, 6) is -2.87. The second-order valence-corrected chi connectivity index (χ2v) is 10.9. The minimum atomic E-state index is -1.70. The van der Waals surface area contributed by atoms with Crippen LogP contribution >= 0.6 is 11.8 Å². The molecule has 6 rings (SSSR count). The molecule has 0 N–H and O–H groups in total. The van der Waals surface area contributed by atoms with E-state index in [9.17, 15) is 18.8 Å². The number of benzene rings is 2. The highest BCUT2D eigenvalue weighted by molar-refractivity contribution is 7.98. The van der Waals surface area contributed by atoms with Crippen LogP contribution in [-0.2, 0) is 25.4 Å². The van der Waals surface area contributed by atoms with Gasteiger partial charge in [0.05, 0.1) is 25.8 Å². The first-order chi connectivity index (χ1) is 20.2. The highest BCUT2D eigenvalue weighted by Gasteiger charge is 2.51. The van der Waals surface area contributed by atoms with Crippen molar-refractivity contribution in [2.24, 2.45) is 0 Å². The van der Waals surface area contributed by atoms with E-state index in [4.69, 9.17) is 22.1 Å². The van der Waals surface area contributed by atoms with Crippen molar-refractivity contribution >= 4 is 31.7 Å². The molecule has 2 aromatic carbocycles. The van der Waals surface area contributed by atoms with E-state index in [1.807, 2.05) is 25.1 Å². The fraction of sp³-hybridized carbons (Fsp3) is 0.321. The largest absolute Gasteiger partial charge is 0.510 e. The Bertz CT molecular complexity index is 1670. The fourth-order valence-electron chi connectivity index (χ4n) is 5.63. The van der Waals surface area contributed by atoms with Gasteiger partial charge in [0, 0.05) is 35.0 Å². The van der Waals surface area contributed by atoms with Crippen LogP contribution in [-0.4, -0.2) is 69.3 Å². The molecule has 4 heterocycles. The molecule has 3 aliphatic heterocycles. The van der Waals surface area contributed by atoms with Gasteiger partial charge in [-0.25, -0.2) is 13.6 Å². The van der Waals surface area contributed by atoms with Crippen molar-refractivity contribution < 1.29 is 37.3 Å². The molecule has 0 aliphatic carbocycles. The molecule has 1 fully saturated rings. The summed E-state index contributed by atoms with van der Waals surface area (Å²) in [7, 11) is 8.55. The van der Waals surface area contributed by atoms with Gasteiger partial charge >= 0.3 is 6.16 Å². The lowest BCUT2D eigenvalue weighted by atomic mass is 9.65. The van der Waals surface area contributed by atoms with Gasteiger partial charge in [-0.2, -0.15) is 0 Å². The summed E-state index contributed by atoms with van der Waals surface area (Å²) in [6, 6.07) is 9.24. The first-order valence-corrected chi connectivity index (χ1v) is 13.9. The Morgan fingerprint density at radius 3 is 2.76 bits per heavy atom. The second-order valence-electron chi connectivity index (χ2n) is 9.90. The van der Waals surface area contributed by atoms with Crippen LogP contribution in [0, 0.1) is 18.6 Å². The molecular formula is C28H24BF2N3O7S. The van der Waals surface area contributed by atoms with Gasteiger partial charge in [-0.3, -0.25) is 19.3 Å². The summed E-state index contributed by atoms with van der Waals surface area (Å²) >= 11 is 1.32. The van der Waals surface area contributed by atoms with Gasteiger partial charge in [0.15, 0.2) is 17.3 Å². The third-order valence-corrected chi connectivity index (χ3v) is 8.63. The molecule has 0 bridgehead atoms. The number of hydrogen-bond donors (Lipinski definition) is 0. The minimum Gasteiger partial charge on any atom is -0.451 e. The zero-order valence-electron chi connectivity index (χ0n) is 22.6. The summed E-state index contributed by atoms with van der Waals surface area (Å²) in [4.78, 5) is 40.7. The molecule has 0 saturated carbocycles. The Morgan fingerprint density at radius 2 is 1.98 bits per heavy atom. The summed E-state index contributed by atoms with van der Waals surface area (Å²) in [5, 5.41) is 1.63. The van der Waals surface area contributed by atoms with Crippen molar-refractivity contribution in [3.05, 3.63) is 92.4 Å². The molecule has 14 heteroatoms. The molecule has 42 heavy (non-hydrogen) atoms. The molecular weight excluding hydrogens is 571 g/mol. The molecule has 2 atom stereocenters. The second kappa shape index (κ2) is 10.7. The van der Waals surface area contributed by atoms with Crippen LogP contribution in [0.5, 0.6) is 5.75 Å². The molecule has 1 amide bonds. The standard InChI is InChI=1S/C28H24BF2N3O7S/c1-15-3-4-18-21(11-15)42-13-16-17(5-6-19(30)23(16)31)28(18,29)34-22-12-39-10-9-32(22)26(36)24-25(20(35)7-8-33(24)34)40-14-41-27(37)38-2/h3-8,11,22H,9-10,12-14H2,1-2H3/t22-,28-/m1/s1. The monoisotopic (exact) mass is 595 g/mol. The number of rotatable bonds is 4. The van der Waals surface area contributed by atoms with Gasteiger partial charge in [-0.1, -0.05) is 18.2 Å². The zero-order valence-corrected chi connectivity index (χ0v) is 23.4. The Balaban J connectivity index is 1.63. The van der Waals surface area contributed by atoms with Crippen molar-refractivity contribution in [2.75, 3.05) is 38.7 Å². The molecule has 3 aromatic rings. The van der Waals surface area contributed by atoms with E-state index in [0.717, 1.165) is 23.6 Å². The summed E-state index contributed by atoms with van der Waals surface area (Å²) < 4.78 is 52.0. The van der Waals surface area contributed by atoms with E-state index < -0.39 is 47.5 Å². The van der Waals surface area contributed by atoms with Gasteiger partial charge in [0.25, 0.3) is 5.91 Å². The van der Waals surface area contributed by atoms with Crippen molar-refractivity contribution in [2.45, 2.75) is 29.2 Å². The number of pyridine rings is 1. The predicted octanol–water partition coefficient (Wildman–Crippen LogP) is 2.98. The van der Waals surface area contributed by atoms with Crippen LogP contribution in [0.4, 0.5) is 13.6 Å². The number of carbonyl (C=O) groups is 2. The molecule has 1 saturated heterocycles. The van der Waals surface area contributed by atoms with Gasteiger partial charge in [0.1, 0.15) is 14.0 Å². The van der Waals surface area contributed by atoms with E-state index in [1.54, 1.807) is 5.01 Å². The molecule has 1 aromatic heterocycles. The lowest BCUT2D eigenvalue weighted by Crippen LogP contribution is -2.71. The number of halogens is 2. The van der Waals surface area contributed by atoms with Crippen molar-refractivity contribution in [3.63, 3.8) is 0 Å². The van der Waals surface area contributed by atoms with Crippen LogP contribution in [0.2, 0.25) is 0 Å². The molecule has 2 radical (unpaired) electrons. The first kappa shape index (κ1) is 28.1. The smallest absolute Gasteiger partial charge is 0.451 e. The van der Waals surface area contributed by atoms with Gasteiger partial charge in [0.2, 0.25) is 18.0 Å². The molecule has 10 nitrogen and oxygen atoms in total. The van der Waals surface area contributed by atoms with E-state index in [2.05, 4.69) is 4.74 Å². The minimum absolute atomic E-state index is 0.0330. The van der Waals surface area contributed by atoms with E-state index in [-0.39, 0.29) is 48.1 Å². The number of ether oxygens (including phenoxy) is 4. The number of morpholine rings is 1. The van der Waals surface area contributed by atoms with E-state index in [0.29, 0.717) is 5.56 Å². The number of aromatic nitrogens is 1. The lowest BCUT2D eigenvalue weighted by molar-refractivity contribution is -0.0227. The predicted molar refractivity (Wildman–Crippen MR) is 147 cm³/mol. The number of fused-ring (bicyclic) bond motifs is 4. The number of carbonyl (C=O) groups excluding carboxylic acids is 2. The average Bonchev–Trinajstić information content (AvgIpc) is 3.10. The van der Waals surface area contributed by atoms with Crippen molar-refractivity contribution in [3.8, 4) is 5.75 Å². The van der Waals surface area contributed by atoms with Gasteiger partial charge < -0.3 is 23.8 Å². The van der Waals surface area contributed by atoms with Crippen LogP contribution in [0.3, 0.4) is 0 Å². The Kier molecular flexibility index (Phi) is 7.13. The third-order valence-electron chi connectivity index (χ3n) is 7.55. The maximum Gasteiger partial charge on any atom is 0.510 e. The topological polar surface area (TPSA) is 99.5 Å². The van der Waals surface area contributed by atoms with Crippen LogP contribution in [0.15, 0.2) is 52.3 Å². The fourth-order valence-corrected chi connectivity index (χ4v) is 6.86. The van der Waals surface area contributed by atoms with E-state index >= 15 is 4.39 Å². The molecule has 0 spiro atoms. The molecule has 0 unspecified atom stereocenters. The molecule has 3 aliphatic rings. The number of aryl methyl sites for hydroxylation is 1. The number of methoxy groups -OCH3 is 1. The van der Waals surface area contributed by atoms with Crippen molar-refractivity contribution in [1.29, 1.82) is 0 Å². The summed E-state index contributed by atoms with van der Waals surface area (Å²) in [5.41, 5.74) is -0.688. The SMILES string of the molecule is [B][C@]1(N2[C@@H]3COCCN3C(=O)c3c(OCOC(=O)OC)c(=O)ccn32)c2ccc(C)cc2SCc2c1ccc(F)c2F. The quantitative estimate of drug-likeness (QED) is 0.256. The van der Waals surface area contributed by atoms with Gasteiger partial charge in [-0.05, 0) is 35.7 Å². The Labute approximate surface area is 244 Å². The highest BCUT2D eigenvalue weighted by atomic mass is 32.2. The first-order valence-electron chi connectivity index (χ1n) is 12.9.